The van der Waals surface area contributed by atoms with Crippen LogP contribution >= 0.6 is 25.2 Å². The first kappa shape index (κ1) is 12.1. The van der Waals surface area contributed by atoms with E-state index < -0.39 is 0 Å². The third-order valence-electron chi connectivity index (χ3n) is 1.29. The van der Waals surface area contributed by atoms with Crippen LogP contribution in [0, 0.1) is 0 Å². The molecule has 72 valence electrons. The summed E-state index contributed by atoms with van der Waals surface area (Å²) in [5.41, 5.74) is 0.606. The average Bonchev–Trinajstić information content (AvgIpc) is 2.17. The molecule has 0 saturated carbocycles. The van der Waals surface area contributed by atoms with Crippen LogP contribution in [-0.2, 0) is 4.79 Å². The van der Waals surface area contributed by atoms with Gasteiger partial charge in [0.1, 0.15) is 0 Å². The molecule has 1 aromatic rings. The van der Waals surface area contributed by atoms with E-state index in [1.54, 1.807) is 12.1 Å². The topological polar surface area (TPSA) is 42.4 Å². The summed E-state index contributed by atoms with van der Waals surface area (Å²) in [5.74, 6) is 0.506. The van der Waals surface area contributed by atoms with Gasteiger partial charge in [-0.1, -0.05) is 12.8 Å². The number of amides is 1. The number of rotatable bonds is 3. The summed E-state index contributed by atoms with van der Waals surface area (Å²) in [5, 5.41) is 0. The standard InChI is InChI=1S/C7H8N2O2S.ClH/c1-11-7-3-2-6(4-8-7)9(12)5-10;/h2-5,12H,1H3;1H. The number of ether oxygens (including phenoxy) is 1. The maximum Gasteiger partial charge on any atom is 0.224 e. The maximum atomic E-state index is 10.3. The lowest BCUT2D eigenvalue weighted by Gasteiger charge is -2.07. The Bertz CT molecular complexity index is 268. The Kier molecular flexibility index (Phi) is 5.25. The molecular weight excluding hydrogens is 212 g/mol. The van der Waals surface area contributed by atoms with Crippen molar-refractivity contribution in [2.45, 2.75) is 0 Å². The Balaban J connectivity index is 0.00000144. The van der Waals surface area contributed by atoms with Crippen LogP contribution in [0.5, 0.6) is 5.88 Å². The monoisotopic (exact) mass is 220 g/mol. The van der Waals surface area contributed by atoms with E-state index >= 15 is 0 Å². The van der Waals surface area contributed by atoms with E-state index in [2.05, 4.69) is 17.8 Å². The number of anilines is 1. The first-order valence-corrected chi connectivity index (χ1v) is 3.61. The van der Waals surface area contributed by atoms with Gasteiger partial charge in [-0.05, 0) is 6.07 Å². The van der Waals surface area contributed by atoms with Crippen LogP contribution in [-0.4, -0.2) is 18.5 Å². The average molecular weight is 221 g/mol. The first-order valence-electron chi connectivity index (χ1n) is 3.21. The third-order valence-corrected chi connectivity index (χ3v) is 1.62. The highest BCUT2D eigenvalue weighted by atomic mass is 35.5. The zero-order chi connectivity index (χ0) is 8.97. The lowest BCUT2D eigenvalue weighted by atomic mass is 10.4. The second-order valence-electron chi connectivity index (χ2n) is 2.01. The Morgan fingerprint density at radius 2 is 2.31 bits per heavy atom. The van der Waals surface area contributed by atoms with Gasteiger partial charge in [-0.3, -0.25) is 9.10 Å². The number of halogens is 1. The fraction of sp³-hybridized carbons (Fsp3) is 0.143. The third kappa shape index (κ3) is 3.12. The number of hydrogen-bond donors (Lipinski definition) is 1. The summed E-state index contributed by atoms with van der Waals surface area (Å²) in [6.45, 7) is 0. The molecule has 0 radical (unpaired) electrons. The van der Waals surface area contributed by atoms with Crippen molar-refractivity contribution < 1.29 is 9.53 Å². The number of nitrogens with zero attached hydrogens (tertiary/aromatic N) is 2. The predicted octanol–water partition coefficient (Wildman–Crippen LogP) is 1.32. The fourth-order valence-corrected chi connectivity index (χ4v) is 0.808. The number of pyridine rings is 1. The van der Waals surface area contributed by atoms with E-state index in [9.17, 15) is 4.79 Å². The van der Waals surface area contributed by atoms with Crippen molar-refractivity contribution in [1.29, 1.82) is 0 Å². The van der Waals surface area contributed by atoms with Crippen LogP contribution in [0.4, 0.5) is 5.69 Å². The van der Waals surface area contributed by atoms with Crippen molar-refractivity contribution in [3.63, 3.8) is 0 Å². The molecule has 13 heavy (non-hydrogen) atoms. The number of hydrogen-bond acceptors (Lipinski definition) is 4. The van der Waals surface area contributed by atoms with E-state index in [-0.39, 0.29) is 12.4 Å². The minimum absolute atomic E-state index is 0. The van der Waals surface area contributed by atoms with Gasteiger partial charge in [0.2, 0.25) is 12.3 Å². The summed E-state index contributed by atoms with van der Waals surface area (Å²) in [4.78, 5) is 14.1. The predicted molar refractivity (Wildman–Crippen MR) is 55.6 cm³/mol. The molecule has 0 aliphatic heterocycles. The van der Waals surface area contributed by atoms with Crippen LogP contribution in [0.25, 0.3) is 0 Å². The zero-order valence-corrected chi connectivity index (χ0v) is 8.59. The summed E-state index contributed by atoms with van der Waals surface area (Å²) in [6.07, 6.45) is 2.09. The van der Waals surface area contributed by atoms with Gasteiger partial charge in [0.15, 0.2) is 0 Å². The molecule has 4 nitrogen and oxygen atoms in total. The van der Waals surface area contributed by atoms with E-state index in [0.717, 1.165) is 4.31 Å². The molecular formula is C7H9ClN2O2S. The molecule has 1 aromatic heterocycles. The van der Waals surface area contributed by atoms with Gasteiger partial charge in [0.25, 0.3) is 0 Å². The smallest absolute Gasteiger partial charge is 0.224 e. The highest BCUT2D eigenvalue weighted by Crippen LogP contribution is 2.15. The van der Waals surface area contributed by atoms with Gasteiger partial charge < -0.3 is 4.74 Å². The van der Waals surface area contributed by atoms with Crippen molar-refractivity contribution in [3.8, 4) is 5.88 Å². The molecule has 0 saturated heterocycles. The molecule has 0 N–H and O–H groups in total. The normalized spacial score (nSPS) is 8.46. The highest BCUT2D eigenvalue weighted by Gasteiger charge is 1.99. The van der Waals surface area contributed by atoms with Gasteiger partial charge in [-0.15, -0.1) is 12.4 Å². The second kappa shape index (κ2) is 5.66. The van der Waals surface area contributed by atoms with Crippen molar-refractivity contribution in [3.05, 3.63) is 18.3 Å². The molecule has 1 heterocycles. The van der Waals surface area contributed by atoms with Gasteiger partial charge >= 0.3 is 0 Å². The maximum absolute atomic E-state index is 10.3. The quantitative estimate of drug-likeness (QED) is 0.617. The van der Waals surface area contributed by atoms with Crippen LogP contribution in [0.3, 0.4) is 0 Å². The van der Waals surface area contributed by atoms with Crippen molar-refractivity contribution in [2.75, 3.05) is 11.4 Å². The molecule has 1 amide bonds. The molecule has 0 spiro atoms. The Morgan fingerprint density at radius 3 is 2.69 bits per heavy atom. The molecule has 0 aromatic carbocycles. The fourth-order valence-electron chi connectivity index (χ4n) is 0.690. The highest BCUT2D eigenvalue weighted by molar-refractivity contribution is 7.82. The van der Waals surface area contributed by atoms with Crippen LogP contribution in [0.15, 0.2) is 18.3 Å². The molecule has 0 atom stereocenters. The number of thiol groups is 1. The number of methoxy groups -OCH3 is 1. The first-order chi connectivity index (χ1) is 5.77. The largest absolute Gasteiger partial charge is 0.481 e. The van der Waals surface area contributed by atoms with Crippen LogP contribution in [0.2, 0.25) is 0 Å². The van der Waals surface area contributed by atoms with Gasteiger partial charge in [-0.2, -0.15) is 0 Å². The summed E-state index contributed by atoms with van der Waals surface area (Å²) >= 11 is 3.87. The van der Waals surface area contributed by atoms with Gasteiger partial charge in [0, 0.05) is 6.07 Å². The zero-order valence-electron chi connectivity index (χ0n) is 6.88. The number of aromatic nitrogens is 1. The van der Waals surface area contributed by atoms with E-state index in [4.69, 9.17) is 4.74 Å². The Labute approximate surface area is 87.9 Å². The minimum atomic E-state index is 0. The summed E-state index contributed by atoms with van der Waals surface area (Å²) in [6, 6.07) is 3.34. The number of carbonyl (C=O) groups excluding carboxylic acids is 1. The molecule has 6 heteroatoms. The van der Waals surface area contributed by atoms with E-state index in [1.165, 1.54) is 13.3 Å². The Hall–Kier alpha value is -0.940. The van der Waals surface area contributed by atoms with Crippen molar-refractivity contribution >= 4 is 37.3 Å². The summed E-state index contributed by atoms with van der Waals surface area (Å²) in [7, 11) is 1.53. The SMILES string of the molecule is COc1ccc(N(S)C=O)cn1.Cl. The van der Waals surface area contributed by atoms with Gasteiger partial charge in [0.05, 0.1) is 19.0 Å². The minimum Gasteiger partial charge on any atom is -0.481 e. The van der Waals surface area contributed by atoms with E-state index in [1.807, 2.05) is 0 Å². The molecule has 0 fully saturated rings. The van der Waals surface area contributed by atoms with Gasteiger partial charge in [-0.25, -0.2) is 4.98 Å². The molecule has 1 rings (SSSR count). The van der Waals surface area contributed by atoms with Crippen molar-refractivity contribution in [2.24, 2.45) is 0 Å². The second-order valence-corrected chi connectivity index (χ2v) is 2.44. The number of carbonyl (C=O) groups is 1. The van der Waals surface area contributed by atoms with Crippen LogP contribution < -0.4 is 9.04 Å². The lowest BCUT2D eigenvalue weighted by molar-refractivity contribution is -0.106. The Morgan fingerprint density at radius 1 is 1.62 bits per heavy atom. The molecule has 0 aliphatic carbocycles. The molecule has 0 unspecified atom stereocenters. The molecule has 0 bridgehead atoms. The van der Waals surface area contributed by atoms with E-state index in [0.29, 0.717) is 18.0 Å². The lowest BCUT2D eigenvalue weighted by Crippen LogP contribution is -2.06. The van der Waals surface area contributed by atoms with Crippen LogP contribution in [0.1, 0.15) is 0 Å². The molecule has 0 aliphatic rings. The summed E-state index contributed by atoms with van der Waals surface area (Å²) < 4.78 is 5.97. The van der Waals surface area contributed by atoms with Crippen molar-refractivity contribution in [1.82, 2.24) is 4.98 Å².